The fourth-order valence-electron chi connectivity index (χ4n) is 4.92. The first-order chi connectivity index (χ1) is 20.1. The summed E-state index contributed by atoms with van der Waals surface area (Å²) < 4.78 is 44.0. The number of hydroxylamine groups is 3. The average molecular weight is 614 g/mol. The molecule has 0 saturated carbocycles. The summed E-state index contributed by atoms with van der Waals surface area (Å²) in [6.07, 6.45) is -15.6. The Bertz CT molecular complexity index is 1520. The van der Waals surface area contributed by atoms with Crippen LogP contribution in [0.5, 0.6) is 0 Å². The van der Waals surface area contributed by atoms with Crippen molar-refractivity contribution in [3.8, 4) is 11.3 Å². The van der Waals surface area contributed by atoms with Gasteiger partial charge in [-0.15, -0.1) is 0 Å². The molecule has 0 bridgehead atoms. The number of fused-ring (bicyclic) bond motifs is 1. The van der Waals surface area contributed by atoms with Crippen molar-refractivity contribution in [3.05, 3.63) is 69.7 Å². The molecule has 1 aliphatic heterocycles. The number of pyridine rings is 1. The first kappa shape index (κ1) is 32.3. The van der Waals surface area contributed by atoms with E-state index in [1.165, 1.54) is 36.4 Å². The summed E-state index contributed by atoms with van der Waals surface area (Å²) >= 11 is 0. The summed E-state index contributed by atoms with van der Waals surface area (Å²) in [4.78, 5) is 28.8. The number of alkyl halides is 3. The van der Waals surface area contributed by atoms with E-state index in [1.54, 1.807) is 11.0 Å². The molecule has 16 heteroatoms. The lowest BCUT2D eigenvalue weighted by Crippen LogP contribution is -2.59. The summed E-state index contributed by atoms with van der Waals surface area (Å²) in [5.41, 5.74) is -1.32. The number of quaternary nitrogens is 1. The normalized spacial score (nSPS) is 20.0. The topological polar surface area (TPSA) is 207 Å². The van der Waals surface area contributed by atoms with Gasteiger partial charge < -0.3 is 50.5 Å². The molecule has 0 spiro atoms. The van der Waals surface area contributed by atoms with Gasteiger partial charge in [-0.25, -0.2) is 0 Å². The van der Waals surface area contributed by atoms with Crippen LogP contribution in [0.4, 0.5) is 23.7 Å². The molecule has 2 heterocycles. The van der Waals surface area contributed by atoms with E-state index in [2.05, 4.69) is 4.98 Å². The van der Waals surface area contributed by atoms with Crippen LogP contribution >= 0.6 is 0 Å². The molecular formula is C27H30F3N3O10. The van der Waals surface area contributed by atoms with E-state index in [9.17, 15) is 53.5 Å². The van der Waals surface area contributed by atoms with E-state index < -0.39 is 78.3 Å². The number of carboxylic acid groups (broad SMARTS) is 1. The standard InChI is InChI=1S/C27H30F3N3O10/c28-27(29,30)19-4-2-1-3-17(19)20-7-14-5-6-15(8-18(14)25(39)31-20)32-9-16(43-13-32)10-33(42,26(40)41)11-21(35)23(37)24(38)22(36)12-34/h1-8,16,21-24,34-38H,9-13H2,(H,31,39)(H,40,41)/t16?,21-,22+,23+,24+,33?/m0/s1. The molecule has 1 aromatic heterocycles. The Hall–Kier alpha value is -3.61. The molecule has 1 amide bonds. The zero-order chi connectivity index (χ0) is 31.7. The third-order valence-electron chi connectivity index (χ3n) is 7.26. The van der Waals surface area contributed by atoms with Crippen LogP contribution in [0.15, 0.2) is 53.3 Å². The number of amides is 1. The van der Waals surface area contributed by atoms with Gasteiger partial charge in [-0.2, -0.15) is 18.0 Å². The maximum Gasteiger partial charge on any atom is 0.513 e. The van der Waals surface area contributed by atoms with Gasteiger partial charge in [0.15, 0.2) is 0 Å². The number of H-pyrrole nitrogens is 1. The Labute approximate surface area is 241 Å². The SMILES string of the molecule is O=C(O)[N+]([O-])(CC1CN(c2ccc3cc(-c4ccccc4C(F)(F)F)[nH]c(=O)c3c2)CO1)C[C@H](O)[C@@H](O)[C@H](O)[C@H](O)CO. The van der Waals surface area contributed by atoms with Gasteiger partial charge in [0.1, 0.15) is 50.3 Å². The molecule has 1 fully saturated rings. The highest BCUT2D eigenvalue weighted by atomic mass is 19.4. The highest BCUT2D eigenvalue weighted by molar-refractivity contribution is 5.88. The van der Waals surface area contributed by atoms with E-state index in [-0.39, 0.29) is 29.9 Å². The van der Waals surface area contributed by atoms with Gasteiger partial charge in [-0.05, 0) is 29.7 Å². The van der Waals surface area contributed by atoms with Crippen LogP contribution in [0.1, 0.15) is 5.56 Å². The molecule has 0 radical (unpaired) electrons. The molecule has 234 valence electrons. The second-order valence-electron chi connectivity index (χ2n) is 10.3. The lowest BCUT2D eigenvalue weighted by Gasteiger charge is -2.40. The third kappa shape index (κ3) is 6.97. The summed E-state index contributed by atoms with van der Waals surface area (Å²) in [6.45, 7) is -2.92. The number of benzene rings is 2. The molecule has 1 saturated heterocycles. The molecule has 2 aromatic carbocycles. The molecule has 7 N–H and O–H groups in total. The Balaban J connectivity index is 1.50. The molecule has 0 aliphatic carbocycles. The number of hydrogen-bond donors (Lipinski definition) is 7. The van der Waals surface area contributed by atoms with Crippen molar-refractivity contribution in [2.24, 2.45) is 0 Å². The third-order valence-corrected chi connectivity index (χ3v) is 7.26. The quantitative estimate of drug-likeness (QED) is 0.126. The number of anilines is 1. The van der Waals surface area contributed by atoms with Crippen molar-refractivity contribution in [2.75, 3.05) is 37.9 Å². The van der Waals surface area contributed by atoms with Crippen molar-refractivity contribution in [3.63, 3.8) is 0 Å². The van der Waals surface area contributed by atoms with E-state index in [0.717, 1.165) is 6.07 Å². The van der Waals surface area contributed by atoms with Crippen LogP contribution in [0, 0.1) is 5.21 Å². The van der Waals surface area contributed by atoms with Gasteiger partial charge in [0.25, 0.3) is 5.56 Å². The molecule has 6 atom stereocenters. The predicted octanol–water partition coefficient (Wildman–Crippen LogP) is 0.805. The summed E-state index contributed by atoms with van der Waals surface area (Å²) in [6, 6.07) is 10.8. The van der Waals surface area contributed by atoms with Crippen LogP contribution in [0.3, 0.4) is 0 Å². The minimum atomic E-state index is -4.64. The molecule has 13 nitrogen and oxygen atoms in total. The lowest BCUT2D eigenvalue weighted by molar-refractivity contribution is -0.815. The molecule has 2 unspecified atom stereocenters. The van der Waals surface area contributed by atoms with Crippen molar-refractivity contribution in [1.82, 2.24) is 4.98 Å². The number of hydrogen-bond acceptors (Lipinski definition) is 10. The van der Waals surface area contributed by atoms with Crippen molar-refractivity contribution in [1.29, 1.82) is 0 Å². The number of aliphatic hydroxyl groups excluding tert-OH is 5. The van der Waals surface area contributed by atoms with Gasteiger partial charge in [0.05, 0.1) is 18.7 Å². The van der Waals surface area contributed by atoms with Crippen LogP contribution in [0.25, 0.3) is 22.0 Å². The van der Waals surface area contributed by atoms with Crippen LogP contribution in [-0.2, 0) is 10.9 Å². The van der Waals surface area contributed by atoms with Gasteiger partial charge >= 0.3 is 12.3 Å². The first-order valence-corrected chi connectivity index (χ1v) is 13.0. The maximum atomic E-state index is 13.5. The predicted molar refractivity (Wildman–Crippen MR) is 145 cm³/mol. The number of carbonyl (C=O) groups is 1. The fraction of sp³-hybridized carbons (Fsp3) is 0.407. The second-order valence-corrected chi connectivity index (χ2v) is 10.3. The van der Waals surface area contributed by atoms with E-state index in [4.69, 9.17) is 9.84 Å². The highest BCUT2D eigenvalue weighted by Crippen LogP contribution is 2.37. The largest absolute Gasteiger partial charge is 0.622 e. The number of aromatic nitrogens is 1. The monoisotopic (exact) mass is 613 g/mol. The van der Waals surface area contributed by atoms with Crippen LogP contribution in [0.2, 0.25) is 0 Å². The number of rotatable bonds is 10. The Morgan fingerprint density at radius 2 is 1.77 bits per heavy atom. The minimum Gasteiger partial charge on any atom is -0.622 e. The average Bonchev–Trinajstić information content (AvgIpc) is 3.43. The number of halogens is 3. The molecular weight excluding hydrogens is 583 g/mol. The zero-order valence-electron chi connectivity index (χ0n) is 22.4. The van der Waals surface area contributed by atoms with Gasteiger partial charge in [0, 0.05) is 22.3 Å². The Kier molecular flexibility index (Phi) is 9.43. The summed E-state index contributed by atoms with van der Waals surface area (Å²) in [5.74, 6) is 0. The Morgan fingerprint density at radius 1 is 1.09 bits per heavy atom. The van der Waals surface area contributed by atoms with E-state index >= 15 is 0 Å². The number of aliphatic hydroxyl groups is 5. The first-order valence-electron chi connectivity index (χ1n) is 13.0. The van der Waals surface area contributed by atoms with Crippen molar-refractivity contribution in [2.45, 2.75) is 36.7 Å². The number of nitrogens with one attached hydrogen (secondary N) is 1. The molecule has 3 aromatic rings. The number of ether oxygens (including phenoxy) is 1. The zero-order valence-corrected chi connectivity index (χ0v) is 22.4. The van der Waals surface area contributed by atoms with Gasteiger partial charge in [-0.1, -0.05) is 24.3 Å². The number of nitrogens with zero attached hydrogens (tertiary/aromatic N) is 2. The second kappa shape index (κ2) is 12.6. The van der Waals surface area contributed by atoms with E-state index in [0.29, 0.717) is 11.1 Å². The molecule has 4 rings (SSSR count). The molecule has 43 heavy (non-hydrogen) atoms. The number of aromatic amines is 1. The van der Waals surface area contributed by atoms with Crippen molar-refractivity contribution < 1.29 is 58.0 Å². The highest BCUT2D eigenvalue weighted by Gasteiger charge is 2.41. The summed E-state index contributed by atoms with van der Waals surface area (Å²) in [7, 11) is 0. The smallest absolute Gasteiger partial charge is 0.513 e. The van der Waals surface area contributed by atoms with E-state index in [1.807, 2.05) is 0 Å². The lowest BCUT2D eigenvalue weighted by atomic mass is 10.0. The minimum absolute atomic E-state index is 0.0134. The summed E-state index contributed by atoms with van der Waals surface area (Å²) in [5, 5.41) is 71.5. The maximum absolute atomic E-state index is 13.5. The van der Waals surface area contributed by atoms with Gasteiger partial charge in [-0.3, -0.25) is 9.44 Å². The molecule has 1 aliphatic rings. The Morgan fingerprint density at radius 3 is 2.42 bits per heavy atom. The fourth-order valence-corrected chi connectivity index (χ4v) is 4.92. The van der Waals surface area contributed by atoms with Crippen LogP contribution in [-0.4, -0.2) is 110 Å². The van der Waals surface area contributed by atoms with Crippen molar-refractivity contribution >= 4 is 22.6 Å². The van der Waals surface area contributed by atoms with Gasteiger partial charge in [0.2, 0.25) is 0 Å². The van der Waals surface area contributed by atoms with Crippen LogP contribution < -0.4 is 10.5 Å².